The maximum atomic E-state index is 13.1. The first-order valence-electron chi connectivity index (χ1n) is 14.0. The van der Waals surface area contributed by atoms with Crippen LogP contribution in [0, 0.1) is 0 Å². The van der Waals surface area contributed by atoms with Crippen LogP contribution in [0.1, 0.15) is 68.7 Å². The number of likely N-dealkylation sites (tertiary alicyclic amines) is 1. The number of ketones is 1. The third-order valence-corrected chi connectivity index (χ3v) is 8.93. The maximum absolute atomic E-state index is 13.1. The fourth-order valence-corrected chi connectivity index (χ4v) is 6.54. The molecule has 3 aromatic rings. The topological polar surface area (TPSA) is 108 Å². The Morgan fingerprint density at radius 3 is 2.79 bits per heavy atom. The van der Waals surface area contributed by atoms with E-state index < -0.39 is 5.41 Å². The van der Waals surface area contributed by atoms with Crippen molar-refractivity contribution >= 4 is 5.78 Å². The predicted octanol–water partition coefficient (Wildman–Crippen LogP) is 3.76. The lowest BCUT2D eigenvalue weighted by atomic mass is 9.64. The van der Waals surface area contributed by atoms with Crippen LogP contribution in [0.25, 0.3) is 23.0 Å². The maximum Gasteiger partial charge on any atom is 0.217 e. The average Bonchev–Trinajstić information content (AvgIpc) is 3.64. The summed E-state index contributed by atoms with van der Waals surface area (Å²) in [7, 11) is 2.14. The van der Waals surface area contributed by atoms with Crippen LogP contribution >= 0.6 is 0 Å². The summed E-state index contributed by atoms with van der Waals surface area (Å²) in [5.74, 6) is 1.78. The largest absolute Gasteiger partial charge is 0.476 e. The molecule has 7 rings (SSSR count). The monoisotopic (exact) mass is 518 g/mol. The van der Waals surface area contributed by atoms with E-state index in [1.165, 1.54) is 6.42 Å². The number of Topliss-reactive ketones (excluding diaryl/α,β-unsaturated/α-hetero) is 1. The SMILES string of the molecule is CN1CCC[C@H]1COc1cc(-c2ccn(C3COC3)n2)nc(-c2onc3c2CCC[C@@]32CCCCC2=O)n1. The van der Waals surface area contributed by atoms with Gasteiger partial charge in [-0.3, -0.25) is 9.48 Å². The van der Waals surface area contributed by atoms with E-state index in [0.29, 0.717) is 61.2 Å². The minimum Gasteiger partial charge on any atom is -0.476 e. The number of rotatable bonds is 6. The third-order valence-electron chi connectivity index (χ3n) is 8.93. The van der Waals surface area contributed by atoms with Crippen molar-refractivity contribution < 1.29 is 18.8 Å². The Morgan fingerprint density at radius 2 is 2.00 bits per heavy atom. The quantitative estimate of drug-likeness (QED) is 0.482. The molecule has 2 atom stereocenters. The van der Waals surface area contributed by atoms with E-state index in [1.807, 2.05) is 23.0 Å². The first-order valence-corrected chi connectivity index (χ1v) is 14.0. The molecule has 38 heavy (non-hydrogen) atoms. The molecule has 2 aliphatic carbocycles. The highest BCUT2D eigenvalue weighted by atomic mass is 16.5. The second-order valence-electron chi connectivity index (χ2n) is 11.3. The molecule has 10 nitrogen and oxygen atoms in total. The van der Waals surface area contributed by atoms with Crippen LogP contribution in [0.15, 0.2) is 22.9 Å². The number of likely N-dealkylation sites (N-methyl/N-ethyl adjacent to an activating group) is 1. The number of fused-ring (bicyclic) bond motifs is 2. The van der Waals surface area contributed by atoms with E-state index in [1.54, 1.807) is 0 Å². The van der Waals surface area contributed by atoms with Gasteiger partial charge >= 0.3 is 0 Å². The van der Waals surface area contributed by atoms with E-state index in [9.17, 15) is 4.79 Å². The van der Waals surface area contributed by atoms with Crippen molar-refractivity contribution in [3.8, 4) is 28.9 Å². The highest BCUT2D eigenvalue weighted by molar-refractivity contribution is 5.91. The first-order chi connectivity index (χ1) is 18.6. The van der Waals surface area contributed by atoms with Gasteiger partial charge in [-0.25, -0.2) is 4.98 Å². The number of ether oxygens (including phenoxy) is 2. The predicted molar refractivity (Wildman–Crippen MR) is 138 cm³/mol. The Hall–Kier alpha value is -3.11. The standard InChI is InChI=1S/C28H34N6O4/c1-33-12-5-6-18(33)17-37-24-14-22(21-9-13-34(31-21)19-15-36-16-19)29-27(30-24)25-20-7-4-11-28(26(20)32-38-25)10-3-2-8-23(28)35/h9,13-14,18-19H,2-8,10-12,15-17H2,1H3/t18-,28+/m0/s1. The molecular formula is C28H34N6O4. The molecule has 200 valence electrons. The summed E-state index contributed by atoms with van der Waals surface area (Å²) in [6, 6.07) is 4.44. The number of hydrogen-bond donors (Lipinski definition) is 0. The lowest BCUT2D eigenvalue weighted by molar-refractivity contribution is -0.127. The molecule has 0 aromatic carbocycles. The zero-order valence-corrected chi connectivity index (χ0v) is 21.9. The van der Waals surface area contributed by atoms with Gasteiger partial charge in [-0.05, 0) is 64.6 Å². The second-order valence-corrected chi connectivity index (χ2v) is 11.3. The van der Waals surface area contributed by atoms with Crippen LogP contribution < -0.4 is 4.74 Å². The highest BCUT2D eigenvalue weighted by Gasteiger charge is 2.48. The average molecular weight is 519 g/mol. The van der Waals surface area contributed by atoms with Crippen LogP contribution in [-0.2, 0) is 21.4 Å². The molecule has 3 aromatic heterocycles. The molecule has 0 unspecified atom stereocenters. The van der Waals surface area contributed by atoms with E-state index in [0.717, 1.165) is 68.4 Å². The number of hydrogen-bond acceptors (Lipinski definition) is 9. The van der Waals surface area contributed by atoms with E-state index in [2.05, 4.69) is 17.1 Å². The van der Waals surface area contributed by atoms with Crippen molar-refractivity contribution in [3.05, 3.63) is 29.6 Å². The highest BCUT2D eigenvalue weighted by Crippen LogP contribution is 2.47. The zero-order chi connectivity index (χ0) is 25.7. The Bertz CT molecular complexity index is 1350. The number of nitrogens with zero attached hydrogens (tertiary/aromatic N) is 6. The van der Waals surface area contributed by atoms with Gasteiger partial charge in [0.05, 0.1) is 30.4 Å². The zero-order valence-electron chi connectivity index (χ0n) is 21.9. The molecule has 0 bridgehead atoms. The summed E-state index contributed by atoms with van der Waals surface area (Å²) in [5, 5.41) is 9.27. The lowest BCUT2D eigenvalue weighted by Crippen LogP contribution is -2.41. The molecule has 10 heteroatoms. The van der Waals surface area contributed by atoms with Gasteiger partial charge in [0, 0.05) is 30.3 Å². The van der Waals surface area contributed by atoms with Crippen LogP contribution in [-0.4, -0.2) is 75.0 Å². The summed E-state index contributed by atoms with van der Waals surface area (Å²) in [5.41, 5.74) is 2.69. The molecule has 0 N–H and O–H groups in total. The van der Waals surface area contributed by atoms with Gasteiger partial charge in [0.2, 0.25) is 17.5 Å². The Labute approximate surface area is 221 Å². The summed E-state index contributed by atoms with van der Waals surface area (Å²) in [4.78, 5) is 25.2. The van der Waals surface area contributed by atoms with E-state index in [-0.39, 0.29) is 6.04 Å². The van der Waals surface area contributed by atoms with Gasteiger partial charge in [-0.2, -0.15) is 10.1 Å². The van der Waals surface area contributed by atoms with Crippen LogP contribution in [0.2, 0.25) is 0 Å². The van der Waals surface area contributed by atoms with Crippen molar-refractivity contribution in [2.45, 2.75) is 75.3 Å². The van der Waals surface area contributed by atoms with Crippen molar-refractivity contribution in [3.63, 3.8) is 0 Å². The summed E-state index contributed by atoms with van der Waals surface area (Å²) in [6.07, 6.45) is 10.3. The molecular weight excluding hydrogens is 484 g/mol. The molecule has 3 fully saturated rings. The summed E-state index contributed by atoms with van der Waals surface area (Å²) >= 11 is 0. The van der Waals surface area contributed by atoms with Crippen LogP contribution in [0.3, 0.4) is 0 Å². The smallest absolute Gasteiger partial charge is 0.217 e. The van der Waals surface area contributed by atoms with E-state index in [4.69, 9.17) is 29.1 Å². The third kappa shape index (κ3) is 4.05. The van der Waals surface area contributed by atoms with Gasteiger partial charge in [-0.15, -0.1) is 0 Å². The fourth-order valence-electron chi connectivity index (χ4n) is 6.54. The molecule has 5 heterocycles. The Balaban J connectivity index is 1.26. The molecule has 0 amide bonds. The molecule has 0 radical (unpaired) electrons. The Morgan fingerprint density at radius 1 is 1.11 bits per heavy atom. The van der Waals surface area contributed by atoms with Crippen LogP contribution in [0.4, 0.5) is 0 Å². The molecule has 1 saturated carbocycles. The Kier molecular flexibility index (Phi) is 6.04. The second kappa shape index (κ2) is 9.57. The summed E-state index contributed by atoms with van der Waals surface area (Å²) < 4.78 is 19.5. The minimum atomic E-state index is -0.513. The van der Waals surface area contributed by atoms with E-state index >= 15 is 0 Å². The minimum absolute atomic E-state index is 0.254. The van der Waals surface area contributed by atoms with Crippen LogP contribution in [0.5, 0.6) is 5.88 Å². The number of carbonyl (C=O) groups is 1. The van der Waals surface area contributed by atoms with Crippen molar-refractivity contribution in [1.29, 1.82) is 0 Å². The molecule has 2 aliphatic heterocycles. The molecule has 1 spiro atoms. The van der Waals surface area contributed by atoms with Crippen molar-refractivity contribution in [1.82, 2.24) is 29.8 Å². The van der Waals surface area contributed by atoms with Crippen molar-refractivity contribution in [2.75, 3.05) is 33.4 Å². The lowest BCUT2D eigenvalue weighted by Gasteiger charge is -2.37. The van der Waals surface area contributed by atoms with Gasteiger partial charge in [0.15, 0.2) is 0 Å². The number of aromatic nitrogens is 5. The van der Waals surface area contributed by atoms with Crippen molar-refractivity contribution in [2.24, 2.45) is 0 Å². The number of carbonyl (C=O) groups excluding carboxylic acids is 1. The summed E-state index contributed by atoms with van der Waals surface area (Å²) in [6.45, 7) is 2.99. The first kappa shape index (κ1) is 24.0. The fraction of sp³-hybridized carbons (Fsp3) is 0.607. The van der Waals surface area contributed by atoms with Gasteiger partial charge < -0.3 is 18.9 Å². The normalized spacial score (nSPS) is 26.0. The van der Waals surface area contributed by atoms with Gasteiger partial charge in [0.1, 0.15) is 23.8 Å². The van der Waals surface area contributed by atoms with Gasteiger partial charge in [0.25, 0.3) is 0 Å². The molecule has 2 saturated heterocycles. The molecule has 4 aliphatic rings. The van der Waals surface area contributed by atoms with Gasteiger partial charge in [-0.1, -0.05) is 11.6 Å².